The van der Waals surface area contributed by atoms with E-state index in [4.69, 9.17) is 5.73 Å². The number of likely N-dealkylation sites (tertiary alicyclic amines) is 1. The monoisotopic (exact) mass is 248 g/mol. The number of nitrogen functional groups attached to an aromatic ring is 1. The Morgan fingerprint density at radius 2 is 2.11 bits per heavy atom. The van der Waals surface area contributed by atoms with Crippen molar-refractivity contribution in [1.29, 1.82) is 0 Å². The molecule has 0 spiro atoms. The average molecular weight is 248 g/mol. The molecule has 1 aromatic carbocycles. The number of phenolic OH excluding ortho intramolecular Hbond substituents is 1. The van der Waals surface area contributed by atoms with E-state index in [9.17, 15) is 10.2 Å². The van der Waals surface area contributed by atoms with Crippen molar-refractivity contribution >= 4 is 5.69 Å². The summed E-state index contributed by atoms with van der Waals surface area (Å²) >= 11 is 0. The zero-order valence-corrected chi connectivity index (χ0v) is 10.4. The second-order valence-electron chi connectivity index (χ2n) is 5.66. The maximum Gasteiger partial charge on any atom is 0.138 e. The van der Waals surface area contributed by atoms with Crippen LogP contribution in [-0.4, -0.2) is 34.3 Å². The highest BCUT2D eigenvalue weighted by Crippen LogP contribution is 2.38. The quantitative estimate of drug-likeness (QED) is 0.543. The van der Waals surface area contributed by atoms with E-state index in [0.717, 1.165) is 38.0 Å². The van der Waals surface area contributed by atoms with Crippen LogP contribution < -0.4 is 5.73 Å². The first kappa shape index (κ1) is 11.8. The maximum absolute atomic E-state index is 9.88. The number of nitrogens with two attached hydrogens (primary N) is 1. The van der Waals surface area contributed by atoms with Crippen molar-refractivity contribution in [2.75, 3.05) is 18.8 Å². The van der Waals surface area contributed by atoms with Crippen molar-refractivity contribution in [3.63, 3.8) is 0 Å². The van der Waals surface area contributed by atoms with E-state index in [1.165, 1.54) is 0 Å². The Morgan fingerprint density at radius 1 is 1.28 bits per heavy atom. The van der Waals surface area contributed by atoms with Crippen LogP contribution in [0.15, 0.2) is 18.2 Å². The summed E-state index contributed by atoms with van der Waals surface area (Å²) in [6.45, 7) is 2.90. The van der Waals surface area contributed by atoms with Crippen LogP contribution in [0.2, 0.25) is 0 Å². The number of nitrogens with zero attached hydrogens (tertiary/aromatic N) is 1. The van der Waals surface area contributed by atoms with Crippen LogP contribution in [0.1, 0.15) is 18.4 Å². The van der Waals surface area contributed by atoms with Gasteiger partial charge in [-0.1, -0.05) is 6.07 Å². The molecule has 3 unspecified atom stereocenters. The number of aromatic hydroxyl groups is 1. The highest BCUT2D eigenvalue weighted by molar-refractivity contribution is 5.53. The molecule has 4 heteroatoms. The van der Waals surface area contributed by atoms with Gasteiger partial charge in [0, 0.05) is 25.6 Å². The summed E-state index contributed by atoms with van der Waals surface area (Å²) in [6, 6.07) is 5.40. The Morgan fingerprint density at radius 3 is 2.83 bits per heavy atom. The molecule has 1 aliphatic heterocycles. The molecule has 1 heterocycles. The van der Waals surface area contributed by atoms with Crippen molar-refractivity contribution in [3.8, 4) is 5.75 Å². The highest BCUT2D eigenvalue weighted by Gasteiger charge is 2.41. The van der Waals surface area contributed by atoms with Gasteiger partial charge in [-0.2, -0.15) is 0 Å². The molecule has 1 aromatic rings. The lowest BCUT2D eigenvalue weighted by Gasteiger charge is -2.18. The van der Waals surface area contributed by atoms with Gasteiger partial charge in [0.15, 0.2) is 0 Å². The summed E-state index contributed by atoms with van der Waals surface area (Å²) in [5.74, 6) is 1.27. The molecular weight excluding hydrogens is 228 g/mol. The van der Waals surface area contributed by atoms with Crippen LogP contribution in [0.25, 0.3) is 0 Å². The van der Waals surface area contributed by atoms with Crippen LogP contribution in [0.4, 0.5) is 5.69 Å². The molecule has 0 bridgehead atoms. The Kier molecular flexibility index (Phi) is 2.92. The molecule has 3 atom stereocenters. The van der Waals surface area contributed by atoms with Crippen molar-refractivity contribution in [1.82, 2.24) is 4.90 Å². The van der Waals surface area contributed by atoms with Crippen LogP contribution >= 0.6 is 0 Å². The number of benzene rings is 1. The average Bonchev–Trinajstić information content (AvgIpc) is 2.87. The van der Waals surface area contributed by atoms with Crippen molar-refractivity contribution in [2.45, 2.75) is 25.5 Å². The number of hydrogen-bond donors (Lipinski definition) is 3. The standard InChI is InChI=1S/C14H20N2O2/c15-12-5-9(1-3-14(12)18)6-16-7-10-2-4-13(17)11(10)8-16/h1,3,5,10-11,13,17-18H,2,4,6-8,15H2. The third-order valence-corrected chi connectivity index (χ3v) is 4.39. The molecule has 0 radical (unpaired) electrons. The second kappa shape index (κ2) is 4.44. The Bertz CT molecular complexity index is 449. The number of aliphatic hydroxyl groups excluding tert-OH is 1. The number of rotatable bonds is 2. The van der Waals surface area contributed by atoms with Crippen LogP contribution in [0.5, 0.6) is 5.75 Å². The fraction of sp³-hybridized carbons (Fsp3) is 0.571. The fourth-order valence-corrected chi connectivity index (χ4v) is 3.42. The fourth-order valence-electron chi connectivity index (χ4n) is 3.42. The maximum atomic E-state index is 9.88. The summed E-state index contributed by atoms with van der Waals surface area (Å²) in [5, 5.41) is 19.3. The summed E-state index contributed by atoms with van der Waals surface area (Å²) in [6.07, 6.45) is 2.01. The number of phenols is 1. The molecule has 4 nitrogen and oxygen atoms in total. The summed E-state index contributed by atoms with van der Waals surface area (Å²) < 4.78 is 0. The molecule has 98 valence electrons. The van der Waals surface area contributed by atoms with Crippen molar-refractivity contribution in [2.24, 2.45) is 11.8 Å². The van der Waals surface area contributed by atoms with E-state index in [1.807, 2.05) is 12.1 Å². The molecule has 1 saturated carbocycles. The van der Waals surface area contributed by atoms with Gasteiger partial charge >= 0.3 is 0 Å². The zero-order chi connectivity index (χ0) is 12.7. The third-order valence-electron chi connectivity index (χ3n) is 4.39. The van der Waals surface area contributed by atoms with E-state index < -0.39 is 0 Å². The van der Waals surface area contributed by atoms with Gasteiger partial charge in [0.2, 0.25) is 0 Å². The first-order chi connectivity index (χ1) is 8.63. The first-order valence-corrected chi connectivity index (χ1v) is 6.61. The molecule has 3 rings (SSSR count). The second-order valence-corrected chi connectivity index (χ2v) is 5.66. The molecular formula is C14H20N2O2. The van der Waals surface area contributed by atoms with Gasteiger partial charge in [0.25, 0.3) is 0 Å². The largest absolute Gasteiger partial charge is 0.506 e. The highest BCUT2D eigenvalue weighted by atomic mass is 16.3. The molecule has 2 fully saturated rings. The minimum absolute atomic E-state index is 0.107. The van der Waals surface area contributed by atoms with E-state index in [2.05, 4.69) is 4.90 Å². The SMILES string of the molecule is Nc1cc(CN2CC3CCC(O)C3C2)ccc1O. The summed E-state index contributed by atoms with van der Waals surface area (Å²) in [7, 11) is 0. The molecule has 4 N–H and O–H groups in total. The predicted molar refractivity (Wildman–Crippen MR) is 70.0 cm³/mol. The summed E-state index contributed by atoms with van der Waals surface area (Å²) in [5.41, 5.74) is 7.26. The molecule has 18 heavy (non-hydrogen) atoms. The van der Waals surface area contributed by atoms with Crippen LogP contribution in [-0.2, 0) is 6.54 Å². The van der Waals surface area contributed by atoms with Gasteiger partial charge in [-0.3, -0.25) is 4.90 Å². The lowest BCUT2D eigenvalue weighted by molar-refractivity contribution is 0.123. The van der Waals surface area contributed by atoms with Crippen molar-refractivity contribution in [3.05, 3.63) is 23.8 Å². The number of anilines is 1. The van der Waals surface area contributed by atoms with E-state index in [1.54, 1.807) is 6.07 Å². The van der Waals surface area contributed by atoms with Gasteiger partial charge in [-0.25, -0.2) is 0 Å². The zero-order valence-electron chi connectivity index (χ0n) is 10.4. The molecule has 0 amide bonds. The Balaban J connectivity index is 1.66. The summed E-state index contributed by atoms with van der Waals surface area (Å²) in [4.78, 5) is 2.38. The van der Waals surface area contributed by atoms with Crippen molar-refractivity contribution < 1.29 is 10.2 Å². The topological polar surface area (TPSA) is 69.7 Å². The smallest absolute Gasteiger partial charge is 0.138 e. The number of hydrogen-bond acceptors (Lipinski definition) is 4. The van der Waals surface area contributed by atoms with E-state index >= 15 is 0 Å². The predicted octanol–water partition coefficient (Wildman–Crippen LogP) is 1.18. The lowest BCUT2D eigenvalue weighted by atomic mass is 10.00. The minimum atomic E-state index is -0.107. The molecule has 0 aromatic heterocycles. The van der Waals surface area contributed by atoms with Crippen LogP contribution in [0.3, 0.4) is 0 Å². The van der Waals surface area contributed by atoms with Gasteiger partial charge in [0.05, 0.1) is 11.8 Å². The van der Waals surface area contributed by atoms with Gasteiger partial charge in [0.1, 0.15) is 5.75 Å². The normalized spacial score (nSPS) is 31.7. The van der Waals surface area contributed by atoms with Gasteiger partial charge in [-0.05, 0) is 36.5 Å². The van der Waals surface area contributed by atoms with E-state index in [-0.39, 0.29) is 11.9 Å². The number of fused-ring (bicyclic) bond motifs is 1. The Hall–Kier alpha value is -1.26. The lowest BCUT2D eigenvalue weighted by Crippen LogP contribution is -2.24. The van der Waals surface area contributed by atoms with Gasteiger partial charge < -0.3 is 15.9 Å². The minimum Gasteiger partial charge on any atom is -0.506 e. The first-order valence-electron chi connectivity index (χ1n) is 6.61. The van der Waals surface area contributed by atoms with E-state index in [0.29, 0.717) is 17.5 Å². The molecule has 1 saturated heterocycles. The Labute approximate surface area is 107 Å². The van der Waals surface area contributed by atoms with Crippen LogP contribution in [0, 0.1) is 11.8 Å². The molecule has 1 aliphatic carbocycles. The number of aliphatic hydroxyl groups is 1. The molecule has 2 aliphatic rings. The third kappa shape index (κ3) is 2.06. The van der Waals surface area contributed by atoms with Gasteiger partial charge in [-0.15, -0.1) is 0 Å².